The van der Waals surface area contributed by atoms with E-state index in [0.29, 0.717) is 40.0 Å². The van der Waals surface area contributed by atoms with Crippen molar-refractivity contribution in [3.05, 3.63) is 194 Å². The van der Waals surface area contributed by atoms with Crippen LogP contribution in [0, 0.1) is 24.3 Å². The van der Waals surface area contributed by atoms with Gasteiger partial charge in [0.25, 0.3) is 0 Å². The predicted octanol–water partition coefficient (Wildman–Crippen LogP) is 13.5. The summed E-state index contributed by atoms with van der Waals surface area (Å²) in [5.74, 6) is 2.90. The summed E-state index contributed by atoms with van der Waals surface area (Å²) in [7, 11) is 0. The third kappa shape index (κ3) is 9.05. The maximum absolute atomic E-state index is 6.90. The van der Waals surface area contributed by atoms with Gasteiger partial charge in [-0.1, -0.05) is 158 Å². The average Bonchev–Trinajstić information content (AvgIpc) is 3.65. The molecule has 0 aliphatic rings. The average molecular weight is 1030 g/mol. The van der Waals surface area contributed by atoms with Gasteiger partial charge >= 0.3 is 40.8 Å². The van der Waals surface area contributed by atoms with Crippen LogP contribution in [-0.2, 0) is 40.8 Å². The molecule has 4 aromatic heterocycles. The number of benzene rings is 6. The topological polar surface area (TPSA) is 87.8 Å². The maximum Gasteiger partial charge on any atom is 2.00 e. The van der Waals surface area contributed by atoms with Crippen molar-refractivity contribution in [3.63, 3.8) is 0 Å². The molecule has 0 aliphatic heterocycles. The van der Waals surface area contributed by atoms with E-state index < -0.39 is 0 Å². The molecule has 8 nitrogen and oxygen atoms in total. The molecule has 0 amide bonds. The van der Waals surface area contributed by atoms with Crippen molar-refractivity contribution in [1.29, 1.82) is 0 Å². The smallest absolute Gasteiger partial charge is 0.502 e. The number of hydrogen-bond donors (Lipinski definition) is 0. The minimum Gasteiger partial charge on any atom is -0.502 e. The van der Waals surface area contributed by atoms with Gasteiger partial charge in [0.05, 0.1) is 0 Å². The molecular weight excluding hydrogens is 989 g/mol. The number of pyridine rings is 2. The number of ether oxygens (including phenoxy) is 2. The molecule has 0 bridgehead atoms. The van der Waals surface area contributed by atoms with Crippen LogP contribution >= 0.6 is 0 Å². The predicted molar refractivity (Wildman–Crippen MR) is 248 cm³/mol. The van der Waals surface area contributed by atoms with E-state index in [1.807, 2.05) is 102 Å². The molecule has 322 valence electrons. The zero-order valence-corrected chi connectivity index (χ0v) is 38.9. The van der Waals surface area contributed by atoms with E-state index in [1.54, 1.807) is 12.4 Å². The largest absolute Gasteiger partial charge is 2.00 e. The molecule has 0 fully saturated rings. The van der Waals surface area contributed by atoms with Crippen LogP contribution in [0.25, 0.3) is 72.5 Å². The summed E-state index contributed by atoms with van der Waals surface area (Å²) in [4.78, 5) is 22.6. The molecule has 10 aromatic rings. The SMILES string of the molecule is CC(C)c1cc(-c2ccccn2)[c-]c(Oc2[c-]c3c(cc2)c2ccc(Oc4[c-]c(-c5ccccn5)cc(C(C)C)c4-c4ccccc4)[c-]c2n3-c2ncncn2)c1-c1ccccc1.[Pd+2].[Pd+2]. The summed E-state index contributed by atoms with van der Waals surface area (Å²) in [6, 6.07) is 59.0. The first-order chi connectivity index (χ1) is 30.9. The molecule has 10 rings (SSSR count). The van der Waals surface area contributed by atoms with Crippen molar-refractivity contribution in [2.45, 2.75) is 39.5 Å². The van der Waals surface area contributed by atoms with Crippen LogP contribution in [-0.4, -0.2) is 29.5 Å². The standard InChI is InChI=1S/C55H40N6O2.2Pd/c1-35(2)45-27-39(47-19-11-13-25-57-47)29-51(53(45)37-15-7-5-8-16-37)62-41-21-23-43-44-24-22-42(32-50(44)61(49(43)31-41)55-59-33-56-34-60-55)63-52-30-40(48-20-12-14-26-58-48)28-46(36(3)4)54(52)38-17-9-6-10-18-38;;/h5-28,33-36H,1-4H3;;/q-4;2*+2. The number of hydrogen-bond acceptors (Lipinski definition) is 7. The van der Waals surface area contributed by atoms with Gasteiger partial charge in [-0.05, 0) is 35.4 Å². The molecular formula is C55H40N6O2Pd2. The van der Waals surface area contributed by atoms with E-state index in [2.05, 4.69) is 113 Å². The van der Waals surface area contributed by atoms with Crippen LogP contribution < -0.4 is 9.47 Å². The Morgan fingerprint density at radius 3 is 1.31 bits per heavy atom. The molecule has 0 saturated carbocycles. The van der Waals surface area contributed by atoms with E-state index in [0.717, 1.165) is 66.7 Å². The summed E-state index contributed by atoms with van der Waals surface area (Å²) < 4.78 is 15.7. The molecule has 0 unspecified atom stereocenters. The van der Waals surface area contributed by atoms with Crippen LogP contribution in [0.1, 0.15) is 50.7 Å². The summed E-state index contributed by atoms with van der Waals surface area (Å²) in [6.07, 6.45) is 6.55. The summed E-state index contributed by atoms with van der Waals surface area (Å²) in [5, 5.41) is 1.82. The normalized spacial score (nSPS) is 11.1. The van der Waals surface area contributed by atoms with Crippen LogP contribution in [0.2, 0.25) is 0 Å². The van der Waals surface area contributed by atoms with Crippen LogP contribution in [0.3, 0.4) is 0 Å². The van der Waals surface area contributed by atoms with Gasteiger partial charge in [-0.2, -0.15) is 22.9 Å². The van der Waals surface area contributed by atoms with Gasteiger partial charge in [0, 0.05) is 35.4 Å². The Morgan fingerprint density at radius 2 is 0.908 bits per heavy atom. The molecule has 65 heavy (non-hydrogen) atoms. The first kappa shape index (κ1) is 44.9. The quantitative estimate of drug-likeness (QED) is 0.0942. The Hall–Kier alpha value is -6.65. The first-order valence-electron chi connectivity index (χ1n) is 20.9. The number of fused-ring (bicyclic) bond motifs is 3. The van der Waals surface area contributed by atoms with E-state index in [-0.39, 0.29) is 52.7 Å². The molecule has 4 heterocycles. The van der Waals surface area contributed by atoms with Crippen molar-refractivity contribution in [2.24, 2.45) is 0 Å². The third-order valence-electron chi connectivity index (χ3n) is 11.0. The maximum atomic E-state index is 6.90. The molecule has 10 heteroatoms. The second-order valence-corrected chi connectivity index (χ2v) is 15.8. The van der Waals surface area contributed by atoms with Crippen molar-refractivity contribution >= 4 is 21.8 Å². The summed E-state index contributed by atoms with van der Waals surface area (Å²) >= 11 is 0. The number of aromatic nitrogens is 6. The van der Waals surface area contributed by atoms with Gasteiger partial charge in [-0.15, -0.1) is 58.7 Å². The monoisotopic (exact) mass is 1030 g/mol. The number of nitrogens with zero attached hydrogens (tertiary/aromatic N) is 6. The van der Waals surface area contributed by atoms with Gasteiger partial charge in [-0.25, -0.2) is 15.0 Å². The zero-order chi connectivity index (χ0) is 42.9. The molecule has 0 atom stereocenters. The molecule has 0 N–H and O–H groups in total. The zero-order valence-electron chi connectivity index (χ0n) is 35.8. The molecule has 0 saturated heterocycles. The van der Waals surface area contributed by atoms with Gasteiger partial charge in [0.2, 0.25) is 5.95 Å². The van der Waals surface area contributed by atoms with Crippen molar-refractivity contribution in [2.75, 3.05) is 0 Å². The van der Waals surface area contributed by atoms with E-state index in [9.17, 15) is 0 Å². The number of rotatable bonds is 11. The minimum absolute atomic E-state index is 0. The van der Waals surface area contributed by atoms with Crippen LogP contribution in [0.15, 0.2) is 159 Å². The fraction of sp³-hybridized carbons (Fsp3) is 0.109. The fourth-order valence-corrected chi connectivity index (χ4v) is 8.06. The summed E-state index contributed by atoms with van der Waals surface area (Å²) in [6.45, 7) is 8.76. The minimum atomic E-state index is 0. The van der Waals surface area contributed by atoms with Crippen LogP contribution in [0.4, 0.5) is 0 Å². The second kappa shape index (κ2) is 19.6. The van der Waals surface area contributed by atoms with Crippen molar-refractivity contribution in [1.82, 2.24) is 29.5 Å². The Morgan fingerprint density at radius 1 is 0.477 bits per heavy atom. The van der Waals surface area contributed by atoms with Crippen LogP contribution in [0.5, 0.6) is 23.0 Å². The van der Waals surface area contributed by atoms with Gasteiger partial charge in [0.15, 0.2) is 0 Å². The Balaban J connectivity index is 0.00000288. The molecule has 0 spiro atoms. The fourth-order valence-electron chi connectivity index (χ4n) is 8.06. The molecule has 0 radical (unpaired) electrons. The molecule has 6 aromatic carbocycles. The third-order valence-corrected chi connectivity index (χ3v) is 11.0. The van der Waals surface area contributed by atoms with E-state index in [4.69, 9.17) is 9.47 Å². The van der Waals surface area contributed by atoms with Gasteiger partial charge in [0.1, 0.15) is 12.7 Å². The Bertz CT molecular complexity index is 3020. The summed E-state index contributed by atoms with van der Waals surface area (Å²) in [5.41, 5.74) is 10.9. The first-order valence-corrected chi connectivity index (χ1v) is 20.9. The van der Waals surface area contributed by atoms with Crippen molar-refractivity contribution in [3.8, 4) is 73.7 Å². The second-order valence-electron chi connectivity index (χ2n) is 15.8. The Labute approximate surface area is 406 Å². The van der Waals surface area contributed by atoms with Crippen molar-refractivity contribution < 1.29 is 50.3 Å². The van der Waals surface area contributed by atoms with E-state index >= 15 is 0 Å². The van der Waals surface area contributed by atoms with Gasteiger partial charge < -0.3 is 24.0 Å². The van der Waals surface area contributed by atoms with Gasteiger partial charge in [-0.3, -0.25) is 0 Å². The van der Waals surface area contributed by atoms with E-state index in [1.165, 1.54) is 12.7 Å². The molecule has 0 aliphatic carbocycles. The Kier molecular flexibility index (Phi) is 13.6.